The maximum absolute atomic E-state index is 13.0. The third-order valence-corrected chi connectivity index (χ3v) is 4.41. The van der Waals surface area contributed by atoms with Crippen molar-refractivity contribution >= 4 is 22.5 Å². The molecule has 28 heavy (non-hydrogen) atoms. The summed E-state index contributed by atoms with van der Waals surface area (Å²) >= 11 is 0. The van der Waals surface area contributed by atoms with Crippen molar-refractivity contribution in [2.45, 2.75) is 19.9 Å². The SMILES string of the molecule is COc1ccc(NC(=O)[C@@H](C(C)C)n2nnc3ccccc3c2=O)cc1OC. The molecule has 3 rings (SSSR count). The highest BCUT2D eigenvalue weighted by Crippen LogP contribution is 2.30. The van der Waals surface area contributed by atoms with Crippen molar-refractivity contribution in [3.8, 4) is 11.5 Å². The first-order chi connectivity index (χ1) is 13.5. The number of amides is 1. The Morgan fingerprint density at radius 1 is 1.07 bits per heavy atom. The highest BCUT2D eigenvalue weighted by molar-refractivity contribution is 5.94. The summed E-state index contributed by atoms with van der Waals surface area (Å²) in [4.78, 5) is 25.8. The summed E-state index contributed by atoms with van der Waals surface area (Å²) in [6.07, 6.45) is 0. The molecule has 1 amide bonds. The van der Waals surface area contributed by atoms with Crippen LogP contribution in [0.15, 0.2) is 47.3 Å². The van der Waals surface area contributed by atoms with Crippen molar-refractivity contribution in [1.29, 1.82) is 0 Å². The van der Waals surface area contributed by atoms with Crippen molar-refractivity contribution < 1.29 is 14.3 Å². The lowest BCUT2D eigenvalue weighted by Gasteiger charge is -2.21. The van der Waals surface area contributed by atoms with Crippen LogP contribution in [0.2, 0.25) is 0 Å². The van der Waals surface area contributed by atoms with Gasteiger partial charge < -0.3 is 14.8 Å². The molecular weight excluding hydrogens is 360 g/mol. The summed E-state index contributed by atoms with van der Waals surface area (Å²) in [6, 6.07) is 11.1. The number of nitrogens with one attached hydrogen (secondary N) is 1. The molecule has 0 saturated carbocycles. The minimum absolute atomic E-state index is 0.187. The minimum atomic E-state index is -0.822. The molecule has 0 saturated heterocycles. The summed E-state index contributed by atoms with van der Waals surface area (Å²) in [5, 5.41) is 11.3. The van der Waals surface area contributed by atoms with Crippen LogP contribution in [0.1, 0.15) is 19.9 Å². The molecule has 0 aliphatic heterocycles. The summed E-state index contributed by atoms with van der Waals surface area (Å²) in [7, 11) is 3.06. The van der Waals surface area contributed by atoms with Crippen molar-refractivity contribution in [2.75, 3.05) is 19.5 Å². The van der Waals surface area contributed by atoms with Gasteiger partial charge in [0, 0.05) is 11.8 Å². The Bertz CT molecular complexity index is 1060. The molecule has 0 aliphatic carbocycles. The fourth-order valence-corrected chi connectivity index (χ4v) is 3.01. The van der Waals surface area contributed by atoms with E-state index in [1.54, 1.807) is 42.5 Å². The molecule has 8 nitrogen and oxygen atoms in total. The number of fused-ring (bicyclic) bond motifs is 1. The predicted molar refractivity (Wildman–Crippen MR) is 106 cm³/mol. The Morgan fingerprint density at radius 3 is 2.46 bits per heavy atom. The first-order valence-corrected chi connectivity index (χ1v) is 8.83. The van der Waals surface area contributed by atoms with Crippen LogP contribution in [0, 0.1) is 5.92 Å². The van der Waals surface area contributed by atoms with E-state index in [2.05, 4.69) is 15.6 Å². The van der Waals surface area contributed by atoms with Gasteiger partial charge in [-0.2, -0.15) is 4.68 Å². The summed E-state index contributed by atoms with van der Waals surface area (Å²) in [5.41, 5.74) is 0.661. The summed E-state index contributed by atoms with van der Waals surface area (Å²) in [5.74, 6) is 0.490. The third kappa shape index (κ3) is 3.66. The number of anilines is 1. The van der Waals surface area contributed by atoms with Gasteiger partial charge in [-0.3, -0.25) is 9.59 Å². The van der Waals surface area contributed by atoms with Crippen LogP contribution < -0.4 is 20.3 Å². The second-order valence-corrected chi connectivity index (χ2v) is 6.60. The van der Waals surface area contributed by atoms with Gasteiger partial charge in [-0.1, -0.05) is 31.2 Å². The topological polar surface area (TPSA) is 95.3 Å². The zero-order chi connectivity index (χ0) is 20.3. The highest BCUT2D eigenvalue weighted by atomic mass is 16.5. The smallest absolute Gasteiger partial charge is 0.278 e. The van der Waals surface area contributed by atoms with E-state index in [1.165, 1.54) is 14.2 Å². The minimum Gasteiger partial charge on any atom is -0.493 e. The van der Waals surface area contributed by atoms with Gasteiger partial charge in [0.25, 0.3) is 5.56 Å². The first-order valence-electron chi connectivity index (χ1n) is 8.83. The average molecular weight is 382 g/mol. The first kappa shape index (κ1) is 19.3. The Morgan fingerprint density at radius 2 is 1.79 bits per heavy atom. The standard InChI is InChI=1S/C20H22N4O4/c1-12(2)18(24-20(26)14-7-5-6-8-15(14)22-23-24)19(25)21-13-9-10-16(27-3)17(11-13)28-4/h5-12,18H,1-4H3,(H,21,25)/t18-/m1/s1. The van der Waals surface area contributed by atoms with Gasteiger partial charge in [-0.15, -0.1) is 5.10 Å². The second-order valence-electron chi connectivity index (χ2n) is 6.60. The lowest BCUT2D eigenvalue weighted by atomic mass is 10.0. The highest BCUT2D eigenvalue weighted by Gasteiger charge is 2.27. The number of benzene rings is 2. The average Bonchev–Trinajstić information content (AvgIpc) is 2.69. The van der Waals surface area contributed by atoms with Gasteiger partial charge in [-0.05, 0) is 30.2 Å². The zero-order valence-electron chi connectivity index (χ0n) is 16.2. The van der Waals surface area contributed by atoms with E-state index in [9.17, 15) is 9.59 Å². The molecule has 0 spiro atoms. The van der Waals surface area contributed by atoms with Crippen LogP contribution in [-0.4, -0.2) is 35.1 Å². The number of ether oxygens (including phenoxy) is 2. The number of carbonyl (C=O) groups is 1. The molecule has 1 heterocycles. The molecule has 0 aliphatic rings. The maximum atomic E-state index is 13.0. The van der Waals surface area contributed by atoms with E-state index >= 15 is 0 Å². The van der Waals surface area contributed by atoms with Gasteiger partial charge in [0.15, 0.2) is 11.5 Å². The van der Waals surface area contributed by atoms with Crippen molar-refractivity contribution in [3.05, 3.63) is 52.8 Å². The van der Waals surface area contributed by atoms with Crippen molar-refractivity contribution in [3.63, 3.8) is 0 Å². The van der Waals surface area contributed by atoms with Crippen LogP contribution in [0.4, 0.5) is 5.69 Å². The predicted octanol–water partition coefficient (Wildman–Crippen LogP) is 2.64. The number of hydrogen-bond donors (Lipinski definition) is 1. The largest absolute Gasteiger partial charge is 0.493 e. The number of methoxy groups -OCH3 is 2. The quantitative estimate of drug-likeness (QED) is 0.704. The molecular formula is C20H22N4O4. The molecule has 0 radical (unpaired) electrons. The van der Waals surface area contributed by atoms with Crippen molar-refractivity contribution in [2.24, 2.45) is 5.92 Å². The van der Waals surface area contributed by atoms with E-state index in [4.69, 9.17) is 9.47 Å². The summed E-state index contributed by atoms with van der Waals surface area (Å²) < 4.78 is 11.6. The molecule has 8 heteroatoms. The number of rotatable bonds is 6. The molecule has 1 atom stereocenters. The van der Waals surface area contributed by atoms with Crippen molar-refractivity contribution in [1.82, 2.24) is 15.0 Å². The number of carbonyl (C=O) groups excluding carboxylic acids is 1. The fourth-order valence-electron chi connectivity index (χ4n) is 3.01. The fraction of sp³-hybridized carbons (Fsp3) is 0.300. The maximum Gasteiger partial charge on any atom is 0.278 e. The van der Waals surface area contributed by atoms with Gasteiger partial charge in [-0.25, -0.2) is 0 Å². The van der Waals surface area contributed by atoms with E-state index in [0.717, 1.165) is 4.68 Å². The molecule has 2 aromatic carbocycles. The van der Waals surface area contributed by atoms with E-state index in [1.807, 2.05) is 13.8 Å². The molecule has 0 bridgehead atoms. The lowest BCUT2D eigenvalue weighted by Crippen LogP contribution is -2.38. The van der Waals surface area contributed by atoms with Crippen LogP contribution in [0.25, 0.3) is 10.9 Å². The van der Waals surface area contributed by atoms with Crippen LogP contribution in [0.3, 0.4) is 0 Å². The lowest BCUT2D eigenvalue weighted by molar-refractivity contribution is -0.120. The Balaban J connectivity index is 1.96. The van der Waals surface area contributed by atoms with E-state index in [0.29, 0.717) is 28.1 Å². The molecule has 3 aromatic rings. The monoisotopic (exact) mass is 382 g/mol. The molecule has 146 valence electrons. The number of aromatic nitrogens is 3. The van der Waals surface area contributed by atoms with Crippen LogP contribution >= 0.6 is 0 Å². The van der Waals surface area contributed by atoms with Gasteiger partial charge in [0.2, 0.25) is 5.91 Å². The Hall–Kier alpha value is -3.42. The number of nitrogens with zero attached hydrogens (tertiary/aromatic N) is 3. The number of hydrogen-bond acceptors (Lipinski definition) is 6. The van der Waals surface area contributed by atoms with E-state index < -0.39 is 6.04 Å². The van der Waals surface area contributed by atoms with Crippen LogP contribution in [0.5, 0.6) is 11.5 Å². The Kier molecular flexibility index (Phi) is 5.58. The second kappa shape index (κ2) is 8.08. The van der Waals surface area contributed by atoms with Gasteiger partial charge >= 0.3 is 0 Å². The van der Waals surface area contributed by atoms with Gasteiger partial charge in [0.05, 0.1) is 19.6 Å². The molecule has 0 fully saturated rings. The molecule has 0 unspecified atom stereocenters. The summed E-state index contributed by atoms with van der Waals surface area (Å²) in [6.45, 7) is 3.70. The van der Waals surface area contributed by atoms with Crippen LogP contribution in [-0.2, 0) is 4.79 Å². The van der Waals surface area contributed by atoms with Gasteiger partial charge in [0.1, 0.15) is 11.6 Å². The van der Waals surface area contributed by atoms with E-state index in [-0.39, 0.29) is 17.4 Å². The third-order valence-electron chi connectivity index (χ3n) is 4.41. The normalized spacial score (nSPS) is 12.0. The molecule has 1 aromatic heterocycles. The molecule has 1 N–H and O–H groups in total. The zero-order valence-corrected chi connectivity index (χ0v) is 16.2. The Labute approximate surface area is 162 Å².